The minimum atomic E-state index is -1.15. The molecule has 1 N–H and O–H groups in total. The molecule has 2 nitrogen and oxygen atoms in total. The van der Waals surface area contributed by atoms with E-state index in [0.29, 0.717) is 6.42 Å². The summed E-state index contributed by atoms with van der Waals surface area (Å²) in [5.74, 6) is 0. The van der Waals surface area contributed by atoms with Crippen molar-refractivity contribution >= 4 is 10.8 Å². The lowest BCUT2D eigenvalue weighted by molar-refractivity contribution is 0.219. The van der Waals surface area contributed by atoms with Crippen LogP contribution in [0.3, 0.4) is 0 Å². The van der Waals surface area contributed by atoms with Crippen molar-refractivity contribution in [3.8, 4) is 0 Å². The van der Waals surface area contributed by atoms with Crippen LogP contribution < -0.4 is 0 Å². The number of rotatable bonds is 4. The normalized spacial score (nSPS) is 15.4. The molecule has 15 heavy (non-hydrogen) atoms. The number of benzene rings is 1. The summed E-state index contributed by atoms with van der Waals surface area (Å²) in [6.45, 7) is 3.87. The molecule has 0 spiro atoms. The van der Waals surface area contributed by atoms with Crippen LogP contribution in [0, 0.1) is 6.92 Å². The van der Waals surface area contributed by atoms with E-state index < -0.39 is 16.9 Å². The van der Waals surface area contributed by atoms with Crippen LogP contribution in [-0.4, -0.2) is 15.4 Å². The molecule has 0 aliphatic heterocycles. The number of aliphatic hydroxyl groups is 1. The molecule has 3 heteroatoms. The molecule has 2 atom stereocenters. The van der Waals surface area contributed by atoms with Gasteiger partial charge < -0.3 is 5.11 Å². The average Bonchev–Trinajstić information content (AvgIpc) is 2.26. The van der Waals surface area contributed by atoms with Crippen molar-refractivity contribution in [2.24, 2.45) is 0 Å². The van der Waals surface area contributed by atoms with Crippen LogP contribution in [0.25, 0.3) is 0 Å². The second-order valence-corrected chi connectivity index (χ2v) is 4.75. The fourth-order valence-electron chi connectivity index (χ4n) is 1.05. The largest absolute Gasteiger partial charge is 0.389 e. The fraction of sp³-hybridized carbons (Fsp3) is 0.333. The number of aryl methyl sites for hydroxylation is 1. The zero-order valence-electron chi connectivity index (χ0n) is 9.01. The monoisotopic (exact) mass is 224 g/mol. The summed E-state index contributed by atoms with van der Waals surface area (Å²) in [7, 11) is -1.15. The SMILES string of the molecule is CC[C@H](O)/C=C/S(=O)c1ccc(C)cc1. The van der Waals surface area contributed by atoms with Gasteiger partial charge >= 0.3 is 0 Å². The molecule has 0 bridgehead atoms. The maximum absolute atomic E-state index is 11.7. The Morgan fingerprint density at radius 1 is 1.40 bits per heavy atom. The van der Waals surface area contributed by atoms with Crippen molar-refractivity contribution in [1.82, 2.24) is 0 Å². The van der Waals surface area contributed by atoms with Crippen LogP contribution in [0.4, 0.5) is 0 Å². The van der Waals surface area contributed by atoms with Crippen LogP contribution in [0.15, 0.2) is 40.6 Å². The lowest BCUT2D eigenvalue weighted by atomic mass is 10.2. The minimum Gasteiger partial charge on any atom is -0.389 e. The van der Waals surface area contributed by atoms with Crippen LogP contribution in [-0.2, 0) is 10.8 Å². The Balaban J connectivity index is 2.69. The van der Waals surface area contributed by atoms with E-state index in [4.69, 9.17) is 0 Å². The Hall–Kier alpha value is -0.930. The zero-order valence-corrected chi connectivity index (χ0v) is 9.83. The number of hydrogen-bond acceptors (Lipinski definition) is 2. The van der Waals surface area contributed by atoms with E-state index in [2.05, 4.69) is 0 Å². The van der Waals surface area contributed by atoms with Crippen molar-refractivity contribution in [1.29, 1.82) is 0 Å². The second kappa shape index (κ2) is 5.83. The summed E-state index contributed by atoms with van der Waals surface area (Å²) < 4.78 is 11.7. The third kappa shape index (κ3) is 3.98. The standard InChI is InChI=1S/C12H16O2S/c1-3-11(13)8-9-15(14)12-6-4-10(2)5-7-12/h4-9,11,13H,3H2,1-2H3/b9-8+/t11-,15?/m0/s1. The molecule has 1 aromatic rings. The molecule has 0 saturated heterocycles. The highest BCUT2D eigenvalue weighted by Gasteiger charge is 2.00. The zero-order chi connectivity index (χ0) is 11.3. The van der Waals surface area contributed by atoms with Crippen LogP contribution in [0.2, 0.25) is 0 Å². The van der Waals surface area contributed by atoms with Gasteiger partial charge in [-0.25, -0.2) is 4.21 Å². The van der Waals surface area contributed by atoms with Crippen LogP contribution >= 0.6 is 0 Å². The Morgan fingerprint density at radius 3 is 2.53 bits per heavy atom. The maximum Gasteiger partial charge on any atom is 0.0773 e. The number of hydrogen-bond donors (Lipinski definition) is 1. The highest BCUT2D eigenvalue weighted by molar-refractivity contribution is 7.88. The molecular formula is C12H16O2S. The predicted octanol–water partition coefficient (Wildman–Crippen LogP) is 2.39. The van der Waals surface area contributed by atoms with E-state index in [0.717, 1.165) is 10.5 Å². The lowest BCUT2D eigenvalue weighted by Crippen LogP contribution is -1.99. The van der Waals surface area contributed by atoms with Gasteiger partial charge in [0.25, 0.3) is 0 Å². The van der Waals surface area contributed by atoms with Gasteiger partial charge in [-0.1, -0.05) is 24.6 Å². The molecule has 1 unspecified atom stereocenters. The van der Waals surface area contributed by atoms with Crippen molar-refractivity contribution in [3.63, 3.8) is 0 Å². The minimum absolute atomic E-state index is 0.501. The molecular weight excluding hydrogens is 208 g/mol. The third-order valence-corrected chi connectivity index (χ3v) is 3.24. The van der Waals surface area contributed by atoms with E-state index in [1.54, 1.807) is 11.5 Å². The predicted molar refractivity (Wildman–Crippen MR) is 63.0 cm³/mol. The van der Waals surface area contributed by atoms with Gasteiger partial charge in [0.2, 0.25) is 0 Å². The van der Waals surface area contributed by atoms with Gasteiger partial charge in [0.1, 0.15) is 0 Å². The first-order valence-corrected chi connectivity index (χ1v) is 6.18. The summed E-state index contributed by atoms with van der Waals surface area (Å²) in [6, 6.07) is 7.54. The third-order valence-electron chi connectivity index (χ3n) is 2.10. The van der Waals surface area contributed by atoms with E-state index in [1.165, 1.54) is 0 Å². The van der Waals surface area contributed by atoms with Gasteiger partial charge in [-0.2, -0.15) is 0 Å². The molecule has 82 valence electrons. The Morgan fingerprint density at radius 2 is 2.00 bits per heavy atom. The smallest absolute Gasteiger partial charge is 0.0773 e. The summed E-state index contributed by atoms with van der Waals surface area (Å²) in [4.78, 5) is 0.764. The fourth-order valence-corrected chi connectivity index (χ4v) is 1.93. The molecule has 0 radical (unpaired) electrons. The topological polar surface area (TPSA) is 37.3 Å². The summed E-state index contributed by atoms with van der Waals surface area (Å²) in [5, 5.41) is 10.8. The summed E-state index contributed by atoms with van der Waals surface area (Å²) in [5.41, 5.74) is 1.15. The molecule has 0 aromatic heterocycles. The lowest BCUT2D eigenvalue weighted by Gasteiger charge is -2.00. The van der Waals surface area contributed by atoms with Crippen molar-refractivity contribution < 1.29 is 9.32 Å². The van der Waals surface area contributed by atoms with E-state index in [1.807, 2.05) is 38.1 Å². The van der Waals surface area contributed by atoms with Gasteiger partial charge in [-0.3, -0.25) is 0 Å². The molecule has 0 aliphatic rings. The first kappa shape index (κ1) is 12.1. The molecule has 0 amide bonds. The van der Waals surface area contributed by atoms with Crippen molar-refractivity contribution in [2.45, 2.75) is 31.3 Å². The van der Waals surface area contributed by atoms with Gasteiger partial charge in [0, 0.05) is 10.3 Å². The Labute approximate surface area is 93.1 Å². The van der Waals surface area contributed by atoms with Gasteiger partial charge in [-0.05, 0) is 31.6 Å². The van der Waals surface area contributed by atoms with Crippen LogP contribution in [0.1, 0.15) is 18.9 Å². The van der Waals surface area contributed by atoms with Gasteiger partial charge in [-0.15, -0.1) is 0 Å². The van der Waals surface area contributed by atoms with Crippen LogP contribution in [0.5, 0.6) is 0 Å². The second-order valence-electron chi connectivity index (χ2n) is 3.41. The highest BCUT2D eigenvalue weighted by Crippen LogP contribution is 2.09. The molecule has 1 rings (SSSR count). The van der Waals surface area contributed by atoms with E-state index >= 15 is 0 Å². The number of aliphatic hydroxyl groups excluding tert-OH is 1. The average molecular weight is 224 g/mol. The quantitative estimate of drug-likeness (QED) is 0.852. The van der Waals surface area contributed by atoms with Crippen molar-refractivity contribution in [3.05, 3.63) is 41.3 Å². The molecule has 0 fully saturated rings. The van der Waals surface area contributed by atoms with E-state index in [9.17, 15) is 9.32 Å². The van der Waals surface area contributed by atoms with Gasteiger partial charge in [0.05, 0.1) is 16.9 Å². The summed E-state index contributed by atoms with van der Waals surface area (Å²) >= 11 is 0. The first-order valence-electron chi connectivity index (χ1n) is 4.97. The van der Waals surface area contributed by atoms with Gasteiger partial charge in [0.15, 0.2) is 0 Å². The van der Waals surface area contributed by atoms with Crippen molar-refractivity contribution in [2.75, 3.05) is 0 Å². The maximum atomic E-state index is 11.7. The first-order chi connectivity index (χ1) is 7.13. The highest BCUT2D eigenvalue weighted by atomic mass is 32.2. The molecule has 0 saturated carbocycles. The Kier molecular flexibility index (Phi) is 4.72. The Bertz CT molecular complexity index is 354. The molecule has 1 aromatic carbocycles. The molecule has 0 aliphatic carbocycles. The summed E-state index contributed by atoms with van der Waals surface area (Å²) in [6.07, 6.45) is 1.72. The molecule has 0 heterocycles. The van der Waals surface area contributed by atoms with E-state index in [-0.39, 0.29) is 0 Å².